The van der Waals surface area contributed by atoms with Crippen LogP contribution in [0, 0.1) is 0 Å². The summed E-state index contributed by atoms with van der Waals surface area (Å²) in [4.78, 5) is 11.0. The Bertz CT molecular complexity index is 546. The lowest BCUT2D eigenvalue weighted by Crippen LogP contribution is -2.01. The van der Waals surface area contributed by atoms with Gasteiger partial charge >= 0.3 is 5.97 Å². The molecule has 2 rings (SSSR count). The maximum atomic E-state index is 11.0. The minimum atomic E-state index is -0.198. The van der Waals surface area contributed by atoms with Crippen molar-refractivity contribution in [3.8, 4) is 5.75 Å². The van der Waals surface area contributed by atoms with Crippen molar-refractivity contribution in [3.05, 3.63) is 42.0 Å². The van der Waals surface area contributed by atoms with Gasteiger partial charge in [0, 0.05) is 6.42 Å². The third kappa shape index (κ3) is 2.75. The molecule has 0 aliphatic rings. The number of carbonyl (C=O) groups excluding carboxylic acids is 1. The van der Waals surface area contributed by atoms with Crippen molar-refractivity contribution in [3.63, 3.8) is 0 Å². The van der Waals surface area contributed by atoms with E-state index in [1.807, 2.05) is 24.3 Å². The Morgan fingerprint density at radius 3 is 2.65 bits per heavy atom. The van der Waals surface area contributed by atoms with E-state index in [-0.39, 0.29) is 11.7 Å². The molecule has 0 aromatic heterocycles. The van der Waals surface area contributed by atoms with E-state index >= 15 is 0 Å². The monoisotopic (exact) mass is 230 g/mol. The van der Waals surface area contributed by atoms with E-state index in [0.29, 0.717) is 12.8 Å². The summed E-state index contributed by atoms with van der Waals surface area (Å²) in [6, 6.07) is 11.2. The fraction of sp³-hybridized carbons (Fsp3) is 0.214. The van der Waals surface area contributed by atoms with Crippen LogP contribution in [0.3, 0.4) is 0 Å². The van der Waals surface area contributed by atoms with Gasteiger partial charge in [-0.3, -0.25) is 4.79 Å². The van der Waals surface area contributed by atoms with Gasteiger partial charge in [0.1, 0.15) is 5.75 Å². The van der Waals surface area contributed by atoms with Crippen LogP contribution in [-0.4, -0.2) is 18.2 Å². The zero-order valence-corrected chi connectivity index (χ0v) is 9.64. The van der Waals surface area contributed by atoms with Gasteiger partial charge in [0.05, 0.1) is 7.11 Å². The molecule has 88 valence electrons. The van der Waals surface area contributed by atoms with Crippen molar-refractivity contribution < 1.29 is 14.6 Å². The van der Waals surface area contributed by atoms with E-state index in [1.54, 1.807) is 12.1 Å². The first-order valence-corrected chi connectivity index (χ1v) is 5.47. The zero-order chi connectivity index (χ0) is 12.3. The highest BCUT2D eigenvalue weighted by atomic mass is 16.5. The Kier molecular flexibility index (Phi) is 3.28. The van der Waals surface area contributed by atoms with Crippen LogP contribution in [0.4, 0.5) is 0 Å². The van der Waals surface area contributed by atoms with Crippen molar-refractivity contribution in [2.24, 2.45) is 0 Å². The molecule has 3 nitrogen and oxygen atoms in total. The quantitative estimate of drug-likeness (QED) is 0.824. The number of esters is 1. The molecule has 0 heterocycles. The van der Waals surface area contributed by atoms with Crippen LogP contribution in [0.5, 0.6) is 5.75 Å². The molecule has 0 unspecified atom stereocenters. The SMILES string of the molecule is COC(=O)CCc1ccc2cc(O)ccc2c1. The Labute approximate surface area is 99.6 Å². The van der Waals surface area contributed by atoms with Gasteiger partial charge in [0.2, 0.25) is 0 Å². The molecule has 0 atom stereocenters. The number of aromatic hydroxyl groups is 1. The number of phenols is 1. The second-order valence-corrected chi connectivity index (χ2v) is 3.94. The van der Waals surface area contributed by atoms with Crippen molar-refractivity contribution >= 4 is 16.7 Å². The summed E-state index contributed by atoms with van der Waals surface area (Å²) in [6.07, 6.45) is 1.06. The second-order valence-electron chi connectivity index (χ2n) is 3.94. The second kappa shape index (κ2) is 4.87. The highest BCUT2D eigenvalue weighted by molar-refractivity contribution is 5.84. The molecule has 1 N–H and O–H groups in total. The number of rotatable bonds is 3. The number of hydrogen-bond donors (Lipinski definition) is 1. The molecule has 0 bridgehead atoms. The molecule has 0 radical (unpaired) electrons. The smallest absolute Gasteiger partial charge is 0.305 e. The van der Waals surface area contributed by atoms with Gasteiger partial charge in [-0.1, -0.05) is 24.3 Å². The molecule has 0 aliphatic carbocycles. The summed E-state index contributed by atoms with van der Waals surface area (Å²) < 4.78 is 4.60. The molecule has 3 heteroatoms. The average molecular weight is 230 g/mol. The van der Waals surface area contributed by atoms with Gasteiger partial charge in [-0.05, 0) is 34.9 Å². The lowest BCUT2D eigenvalue weighted by Gasteiger charge is -2.03. The number of benzene rings is 2. The standard InChI is InChI=1S/C14H14O3/c1-17-14(16)7-3-10-2-4-12-9-13(15)6-5-11(12)8-10/h2,4-6,8-9,15H,3,7H2,1H3. The van der Waals surface area contributed by atoms with Gasteiger partial charge in [0.15, 0.2) is 0 Å². The van der Waals surface area contributed by atoms with E-state index in [0.717, 1.165) is 16.3 Å². The Hall–Kier alpha value is -2.03. The van der Waals surface area contributed by atoms with Gasteiger partial charge in [-0.25, -0.2) is 0 Å². The lowest BCUT2D eigenvalue weighted by molar-refractivity contribution is -0.140. The number of aryl methyl sites for hydroxylation is 1. The third-order valence-electron chi connectivity index (χ3n) is 2.73. The van der Waals surface area contributed by atoms with Gasteiger partial charge in [0.25, 0.3) is 0 Å². The number of phenolic OH excluding ortho intramolecular Hbond substituents is 1. The fourth-order valence-corrected chi connectivity index (χ4v) is 1.79. The first-order valence-electron chi connectivity index (χ1n) is 5.47. The van der Waals surface area contributed by atoms with Crippen molar-refractivity contribution in [1.82, 2.24) is 0 Å². The van der Waals surface area contributed by atoms with Crippen molar-refractivity contribution in [1.29, 1.82) is 0 Å². The van der Waals surface area contributed by atoms with Crippen LogP contribution in [0.15, 0.2) is 36.4 Å². The number of methoxy groups -OCH3 is 1. The largest absolute Gasteiger partial charge is 0.508 e. The third-order valence-corrected chi connectivity index (χ3v) is 2.73. The van der Waals surface area contributed by atoms with E-state index in [9.17, 15) is 9.90 Å². The fourth-order valence-electron chi connectivity index (χ4n) is 1.79. The van der Waals surface area contributed by atoms with Gasteiger partial charge in [-0.2, -0.15) is 0 Å². The normalized spacial score (nSPS) is 10.4. The first-order chi connectivity index (χ1) is 8.19. The minimum absolute atomic E-state index is 0.198. The molecule has 2 aromatic carbocycles. The summed E-state index contributed by atoms with van der Waals surface area (Å²) >= 11 is 0. The van der Waals surface area contributed by atoms with Crippen LogP contribution in [0.25, 0.3) is 10.8 Å². The van der Waals surface area contributed by atoms with E-state index in [2.05, 4.69) is 4.74 Å². The zero-order valence-electron chi connectivity index (χ0n) is 9.64. The number of hydrogen-bond acceptors (Lipinski definition) is 3. The predicted molar refractivity (Wildman–Crippen MR) is 65.9 cm³/mol. The van der Waals surface area contributed by atoms with Crippen LogP contribution in [-0.2, 0) is 16.0 Å². The molecule has 0 spiro atoms. The summed E-state index contributed by atoms with van der Waals surface area (Å²) in [6.45, 7) is 0. The molecule has 2 aromatic rings. The van der Waals surface area contributed by atoms with Gasteiger partial charge < -0.3 is 9.84 Å². The van der Waals surface area contributed by atoms with Crippen LogP contribution < -0.4 is 0 Å². The molecule has 0 aliphatic heterocycles. The lowest BCUT2D eigenvalue weighted by atomic mass is 10.0. The highest BCUT2D eigenvalue weighted by Gasteiger charge is 2.02. The Morgan fingerprint density at radius 1 is 1.18 bits per heavy atom. The van der Waals surface area contributed by atoms with Crippen molar-refractivity contribution in [2.45, 2.75) is 12.8 Å². The molecule has 0 saturated heterocycles. The van der Waals surface area contributed by atoms with Crippen LogP contribution >= 0.6 is 0 Å². The number of fused-ring (bicyclic) bond motifs is 1. The molecular weight excluding hydrogens is 216 g/mol. The highest BCUT2D eigenvalue weighted by Crippen LogP contribution is 2.21. The summed E-state index contributed by atoms with van der Waals surface area (Å²) in [5, 5.41) is 11.4. The van der Waals surface area contributed by atoms with E-state index in [1.165, 1.54) is 7.11 Å². The summed E-state index contributed by atoms with van der Waals surface area (Å²) in [5.74, 6) is 0.0654. The van der Waals surface area contributed by atoms with Crippen LogP contribution in [0.1, 0.15) is 12.0 Å². The topological polar surface area (TPSA) is 46.5 Å². The minimum Gasteiger partial charge on any atom is -0.508 e. The molecule has 0 saturated carbocycles. The molecule has 0 fully saturated rings. The summed E-state index contributed by atoms with van der Waals surface area (Å²) in [5.41, 5.74) is 1.09. The average Bonchev–Trinajstić information content (AvgIpc) is 2.35. The summed E-state index contributed by atoms with van der Waals surface area (Å²) in [7, 11) is 1.39. The van der Waals surface area contributed by atoms with E-state index in [4.69, 9.17) is 0 Å². The van der Waals surface area contributed by atoms with Gasteiger partial charge in [-0.15, -0.1) is 0 Å². The Morgan fingerprint density at radius 2 is 1.88 bits per heavy atom. The molecule has 0 amide bonds. The maximum absolute atomic E-state index is 11.0. The van der Waals surface area contributed by atoms with Crippen LogP contribution in [0.2, 0.25) is 0 Å². The van der Waals surface area contributed by atoms with Crippen molar-refractivity contribution in [2.75, 3.05) is 7.11 Å². The number of ether oxygens (including phenoxy) is 1. The first kappa shape index (κ1) is 11.5. The van der Waals surface area contributed by atoms with E-state index < -0.39 is 0 Å². The Balaban J connectivity index is 2.20. The molecular formula is C14H14O3. The molecule has 17 heavy (non-hydrogen) atoms. The number of carbonyl (C=O) groups is 1. The predicted octanol–water partition coefficient (Wildman–Crippen LogP) is 2.65. The maximum Gasteiger partial charge on any atom is 0.305 e.